The van der Waals surface area contributed by atoms with E-state index in [-0.39, 0.29) is 46.7 Å². The fourth-order valence-electron chi connectivity index (χ4n) is 3.12. The van der Waals surface area contributed by atoms with Crippen molar-refractivity contribution in [3.63, 3.8) is 0 Å². The first kappa shape index (κ1) is 9.67. The summed E-state index contributed by atoms with van der Waals surface area (Å²) in [4.78, 5) is 27.8. The molecule has 0 aromatic heterocycles. The maximum atomic E-state index is 13.5. The zero-order valence-corrected chi connectivity index (χ0v) is 15.0. The molecule has 3 rings (SSSR count). The molecule has 0 heterocycles. The molecule has 2 aromatic rings. The molecular weight excluding hydrogens is 352 g/mol. The number of hydrogen-bond donors (Lipinski definition) is 2. The highest BCUT2D eigenvalue weighted by Crippen LogP contribution is 2.36. The summed E-state index contributed by atoms with van der Waals surface area (Å²) in [5.74, 6) is -1.02. The lowest BCUT2D eigenvalue weighted by Gasteiger charge is -2.24. The van der Waals surface area contributed by atoms with Crippen LogP contribution in [0.25, 0.3) is 0 Å². The second-order valence-electron chi connectivity index (χ2n) is 6.27. The lowest BCUT2D eigenvalue weighted by Crippen LogP contribution is -2.27. The molecule has 0 saturated heterocycles. The molecule has 0 amide bonds. The summed E-state index contributed by atoms with van der Waals surface area (Å²) in [6, 6.07) is 9.04. The smallest absolute Gasteiger partial charge is 0.196 e. The Morgan fingerprint density at radius 2 is 1.18 bits per heavy atom. The number of anilines is 2. The molecule has 0 aliphatic heterocycles. The van der Waals surface area contributed by atoms with Gasteiger partial charge in [-0.25, -0.2) is 0 Å². The standard InChI is InChI=1S/C22H28N4O2/c1-25(2)13-11-23-17-9-10-18(24-12-14-26(3)4)20-19(17)21(27)15-7-5-6-8-16(15)22(20)28/h5-10,23-24H,11-14H2,1-4H3/i1D3,2D3,3D3,4D3. The largest absolute Gasteiger partial charge is 0.383 e. The summed E-state index contributed by atoms with van der Waals surface area (Å²) in [6.45, 7) is -12.8. The lowest BCUT2D eigenvalue weighted by molar-refractivity contribution is 0.0980. The van der Waals surface area contributed by atoms with E-state index >= 15 is 0 Å². The Balaban J connectivity index is 1.95. The minimum absolute atomic E-state index is 0.0356. The Morgan fingerprint density at radius 1 is 0.750 bits per heavy atom. The molecular formula is C22H28N4O2. The van der Waals surface area contributed by atoms with Crippen molar-refractivity contribution in [3.05, 3.63) is 58.7 Å². The molecule has 0 spiro atoms. The first-order valence-corrected chi connectivity index (χ1v) is 8.63. The van der Waals surface area contributed by atoms with Gasteiger partial charge in [0.15, 0.2) is 11.6 Å². The van der Waals surface area contributed by atoms with Crippen LogP contribution in [0.15, 0.2) is 36.4 Å². The summed E-state index contributed by atoms with van der Waals surface area (Å²) in [6.07, 6.45) is 0. The highest BCUT2D eigenvalue weighted by atomic mass is 16.1. The Morgan fingerprint density at radius 3 is 1.57 bits per heavy atom. The Hall–Kier alpha value is -2.70. The predicted octanol–water partition coefficient (Wildman–Crippen LogP) is 2.41. The van der Waals surface area contributed by atoms with Gasteiger partial charge in [-0.05, 0) is 40.0 Å². The normalized spacial score (nSPS) is 21.1. The van der Waals surface area contributed by atoms with Crippen LogP contribution in [0.1, 0.15) is 48.3 Å². The highest BCUT2D eigenvalue weighted by molar-refractivity contribution is 6.31. The monoisotopic (exact) mass is 392 g/mol. The predicted molar refractivity (Wildman–Crippen MR) is 114 cm³/mol. The number of nitrogens with zero attached hydrogens (tertiary/aromatic N) is 2. The molecule has 0 unspecified atom stereocenters. The number of likely N-dealkylation sites (N-methyl/N-ethyl adjacent to an activating group) is 2. The molecule has 0 atom stereocenters. The number of carbonyl (C=O) groups excluding carboxylic acids is 2. The molecule has 0 fully saturated rings. The molecule has 0 bridgehead atoms. The average Bonchev–Trinajstić information content (AvgIpc) is 2.79. The number of fused-ring (bicyclic) bond motifs is 2. The summed E-state index contributed by atoms with van der Waals surface area (Å²) >= 11 is 0. The zero-order valence-electron chi connectivity index (χ0n) is 27.0. The van der Waals surface area contributed by atoms with Crippen molar-refractivity contribution in [1.29, 1.82) is 0 Å². The summed E-state index contributed by atoms with van der Waals surface area (Å²) in [7, 11) is 0. The van der Waals surface area contributed by atoms with Crippen LogP contribution in [0.2, 0.25) is 0 Å². The van der Waals surface area contributed by atoms with Gasteiger partial charge in [0.1, 0.15) is 0 Å². The van der Waals surface area contributed by atoms with E-state index in [0.717, 1.165) is 0 Å². The molecule has 0 radical (unpaired) electrons. The minimum atomic E-state index is -2.90. The molecule has 148 valence electrons. The number of benzene rings is 2. The van der Waals surface area contributed by atoms with Crippen LogP contribution >= 0.6 is 0 Å². The van der Waals surface area contributed by atoms with Gasteiger partial charge in [0.25, 0.3) is 0 Å². The van der Waals surface area contributed by atoms with Gasteiger partial charge >= 0.3 is 0 Å². The maximum Gasteiger partial charge on any atom is 0.196 e. The molecule has 0 saturated carbocycles. The number of nitrogens with one attached hydrogen (secondary N) is 2. The van der Waals surface area contributed by atoms with Gasteiger partial charge < -0.3 is 20.4 Å². The van der Waals surface area contributed by atoms with E-state index in [1.807, 2.05) is 0 Å². The highest BCUT2D eigenvalue weighted by Gasteiger charge is 2.33. The first-order chi connectivity index (χ1) is 18.2. The molecule has 28 heavy (non-hydrogen) atoms. The van der Waals surface area contributed by atoms with Crippen molar-refractivity contribution in [1.82, 2.24) is 9.80 Å². The van der Waals surface area contributed by atoms with E-state index in [0.29, 0.717) is 9.80 Å². The van der Waals surface area contributed by atoms with E-state index in [1.165, 1.54) is 24.3 Å². The number of ketones is 2. The van der Waals surface area contributed by atoms with Gasteiger partial charge in [0, 0.05) is 65.1 Å². The van der Waals surface area contributed by atoms with Gasteiger partial charge in [0.05, 0.1) is 11.1 Å². The van der Waals surface area contributed by atoms with Gasteiger partial charge in [0.2, 0.25) is 0 Å². The minimum Gasteiger partial charge on any atom is -0.383 e. The fourth-order valence-corrected chi connectivity index (χ4v) is 3.12. The van der Waals surface area contributed by atoms with Crippen molar-refractivity contribution >= 4 is 22.9 Å². The van der Waals surface area contributed by atoms with Crippen molar-refractivity contribution in [2.75, 3.05) is 64.7 Å². The van der Waals surface area contributed by atoms with E-state index in [1.54, 1.807) is 12.1 Å². The van der Waals surface area contributed by atoms with Crippen molar-refractivity contribution in [2.24, 2.45) is 0 Å². The van der Waals surface area contributed by atoms with Crippen molar-refractivity contribution in [3.8, 4) is 0 Å². The van der Waals surface area contributed by atoms with Crippen LogP contribution in [0.3, 0.4) is 0 Å². The lowest BCUT2D eigenvalue weighted by atomic mass is 9.82. The van der Waals surface area contributed by atoms with Crippen LogP contribution in [0.4, 0.5) is 11.4 Å². The maximum absolute atomic E-state index is 13.5. The Kier molecular flexibility index (Phi) is 2.95. The SMILES string of the molecule is [2H]C([2H])([2H])N(CCNc1ccc(NCCN(C([2H])([2H])[2H])C([2H])([2H])[2H])c2c1C(=O)c1ccccc1C2=O)C([2H])([2H])[2H]. The van der Waals surface area contributed by atoms with Gasteiger partial charge in [-0.15, -0.1) is 0 Å². The summed E-state index contributed by atoms with van der Waals surface area (Å²) in [5.41, 5.74) is 0.538. The zero-order chi connectivity index (χ0) is 30.3. The first-order valence-electron chi connectivity index (χ1n) is 14.6. The van der Waals surface area contributed by atoms with E-state index in [2.05, 4.69) is 10.6 Å². The van der Waals surface area contributed by atoms with Crippen molar-refractivity contribution < 1.29 is 26.0 Å². The van der Waals surface area contributed by atoms with Crippen molar-refractivity contribution in [2.45, 2.75) is 0 Å². The van der Waals surface area contributed by atoms with Crippen LogP contribution in [0, 0.1) is 0 Å². The van der Waals surface area contributed by atoms with Crippen LogP contribution in [0.5, 0.6) is 0 Å². The van der Waals surface area contributed by atoms with E-state index < -0.39 is 52.6 Å². The molecule has 1 aliphatic carbocycles. The third-order valence-corrected chi connectivity index (χ3v) is 4.38. The Bertz CT molecular complexity index is 1140. The molecule has 2 N–H and O–H groups in total. The van der Waals surface area contributed by atoms with Gasteiger partial charge in [-0.3, -0.25) is 9.59 Å². The summed E-state index contributed by atoms with van der Waals surface area (Å²) < 4.78 is 90.1. The summed E-state index contributed by atoms with van der Waals surface area (Å²) in [5, 5.41) is 5.74. The molecule has 6 nitrogen and oxygen atoms in total. The second kappa shape index (κ2) is 8.54. The quantitative estimate of drug-likeness (QED) is 0.614. The molecule has 1 aliphatic rings. The fraction of sp³-hybridized carbons (Fsp3) is 0.364. The number of rotatable bonds is 8. The average molecular weight is 393 g/mol. The molecule has 2 aromatic carbocycles. The Labute approximate surface area is 183 Å². The van der Waals surface area contributed by atoms with E-state index in [9.17, 15) is 9.59 Å². The molecule has 6 heteroatoms. The topological polar surface area (TPSA) is 64.7 Å². The van der Waals surface area contributed by atoms with Crippen LogP contribution in [-0.2, 0) is 0 Å². The second-order valence-corrected chi connectivity index (χ2v) is 6.27. The number of carbonyl (C=O) groups is 2. The number of hydrogen-bond acceptors (Lipinski definition) is 6. The van der Waals surface area contributed by atoms with Crippen LogP contribution in [-0.4, -0.2) is 75.4 Å². The van der Waals surface area contributed by atoms with Gasteiger partial charge in [-0.1, -0.05) is 24.3 Å². The van der Waals surface area contributed by atoms with E-state index in [4.69, 9.17) is 16.4 Å². The van der Waals surface area contributed by atoms with Gasteiger partial charge in [-0.2, -0.15) is 0 Å². The third-order valence-electron chi connectivity index (χ3n) is 4.38. The third kappa shape index (κ3) is 4.08. The van der Waals surface area contributed by atoms with Crippen LogP contribution < -0.4 is 10.6 Å².